The Labute approximate surface area is 143 Å². The van der Waals surface area contributed by atoms with Gasteiger partial charge in [-0.15, -0.1) is 0 Å². The molecule has 0 heterocycles. The summed E-state index contributed by atoms with van der Waals surface area (Å²) in [4.78, 5) is 0. The summed E-state index contributed by atoms with van der Waals surface area (Å²) in [5.41, 5.74) is 1.18. The van der Waals surface area contributed by atoms with Gasteiger partial charge in [-0.05, 0) is 24.6 Å². The number of rotatable bonds is 9. The van der Waals surface area contributed by atoms with Gasteiger partial charge in [-0.25, -0.2) is 0 Å². The summed E-state index contributed by atoms with van der Waals surface area (Å²) in [6, 6.07) is 15.7. The minimum absolute atomic E-state index is 0.144. The molecule has 0 fully saturated rings. The molecule has 0 unspecified atom stereocenters. The molecule has 2 atom stereocenters. The number of benzene rings is 2. The van der Waals surface area contributed by atoms with Crippen molar-refractivity contribution in [1.29, 1.82) is 0 Å². The SMILES string of the molecule is COc1cccc(OC)c1OC[C@H](O)CN[C@@H](C)c1ccccc1. The molecule has 0 amide bonds. The van der Waals surface area contributed by atoms with Crippen LogP contribution in [-0.4, -0.2) is 38.6 Å². The number of hydrogen-bond acceptors (Lipinski definition) is 5. The topological polar surface area (TPSA) is 60.0 Å². The van der Waals surface area contributed by atoms with Crippen molar-refractivity contribution in [2.24, 2.45) is 0 Å². The predicted molar refractivity (Wildman–Crippen MR) is 93.9 cm³/mol. The number of hydrogen-bond donors (Lipinski definition) is 2. The van der Waals surface area contributed by atoms with E-state index in [0.717, 1.165) is 0 Å². The minimum atomic E-state index is -0.647. The Hall–Kier alpha value is -2.24. The van der Waals surface area contributed by atoms with Crippen LogP contribution < -0.4 is 19.5 Å². The van der Waals surface area contributed by atoms with Crippen LogP contribution in [0, 0.1) is 0 Å². The average Bonchev–Trinajstić information content (AvgIpc) is 2.64. The van der Waals surface area contributed by atoms with Crippen molar-refractivity contribution in [3.63, 3.8) is 0 Å². The lowest BCUT2D eigenvalue weighted by atomic mass is 10.1. The van der Waals surface area contributed by atoms with Crippen molar-refractivity contribution >= 4 is 0 Å². The Morgan fingerprint density at radius 3 is 2.17 bits per heavy atom. The third-order valence-electron chi connectivity index (χ3n) is 3.76. The van der Waals surface area contributed by atoms with E-state index in [1.54, 1.807) is 26.4 Å². The van der Waals surface area contributed by atoms with Gasteiger partial charge in [0.2, 0.25) is 5.75 Å². The second-order valence-corrected chi connectivity index (χ2v) is 5.50. The van der Waals surface area contributed by atoms with Crippen LogP contribution in [-0.2, 0) is 0 Å². The number of nitrogens with one attached hydrogen (secondary N) is 1. The van der Waals surface area contributed by atoms with Crippen LogP contribution >= 0.6 is 0 Å². The summed E-state index contributed by atoms with van der Waals surface area (Å²) in [7, 11) is 3.14. The fourth-order valence-electron chi connectivity index (χ4n) is 2.37. The molecular weight excluding hydrogens is 306 g/mol. The number of para-hydroxylation sites is 1. The van der Waals surface area contributed by atoms with Crippen LogP contribution in [0.4, 0.5) is 0 Å². The number of aliphatic hydroxyl groups is 1. The van der Waals surface area contributed by atoms with Gasteiger partial charge in [0.15, 0.2) is 11.5 Å². The van der Waals surface area contributed by atoms with Crippen LogP contribution in [0.25, 0.3) is 0 Å². The van der Waals surface area contributed by atoms with Crippen molar-refractivity contribution in [3.05, 3.63) is 54.1 Å². The predicted octanol–water partition coefficient (Wildman–Crippen LogP) is 2.79. The summed E-state index contributed by atoms with van der Waals surface area (Å²) in [6.45, 7) is 2.63. The smallest absolute Gasteiger partial charge is 0.203 e. The molecule has 5 heteroatoms. The van der Waals surface area contributed by atoms with Gasteiger partial charge in [-0.3, -0.25) is 0 Å². The van der Waals surface area contributed by atoms with Gasteiger partial charge < -0.3 is 24.6 Å². The first-order chi connectivity index (χ1) is 11.7. The number of ether oxygens (including phenoxy) is 3. The summed E-state index contributed by atoms with van der Waals surface area (Å²) in [5, 5.41) is 13.5. The van der Waals surface area contributed by atoms with Gasteiger partial charge in [-0.2, -0.15) is 0 Å². The van der Waals surface area contributed by atoms with Gasteiger partial charge in [0.1, 0.15) is 12.7 Å². The molecule has 0 aliphatic heterocycles. The highest BCUT2D eigenvalue weighted by Gasteiger charge is 2.14. The van der Waals surface area contributed by atoms with Gasteiger partial charge in [0.25, 0.3) is 0 Å². The van der Waals surface area contributed by atoms with E-state index in [2.05, 4.69) is 24.4 Å². The maximum atomic E-state index is 10.2. The molecule has 2 aromatic carbocycles. The van der Waals surface area contributed by atoms with Crippen molar-refractivity contribution in [1.82, 2.24) is 5.32 Å². The highest BCUT2D eigenvalue weighted by atomic mass is 16.5. The minimum Gasteiger partial charge on any atom is -0.493 e. The molecule has 2 rings (SSSR count). The zero-order valence-electron chi connectivity index (χ0n) is 14.4. The molecule has 130 valence electrons. The standard InChI is InChI=1S/C19H25NO4/c1-14(15-8-5-4-6-9-15)20-12-16(21)13-24-19-17(22-2)10-7-11-18(19)23-3/h4-11,14,16,20-21H,12-13H2,1-3H3/t14-,16+/m0/s1. The second kappa shape index (κ2) is 9.15. The fraction of sp³-hybridized carbons (Fsp3) is 0.368. The van der Waals surface area contributed by atoms with Crippen molar-refractivity contribution in [2.75, 3.05) is 27.4 Å². The summed E-state index contributed by atoms with van der Waals surface area (Å²) >= 11 is 0. The summed E-state index contributed by atoms with van der Waals surface area (Å²) in [5.74, 6) is 1.65. The molecule has 24 heavy (non-hydrogen) atoms. The molecule has 0 aliphatic carbocycles. The Balaban J connectivity index is 1.86. The maximum absolute atomic E-state index is 10.2. The maximum Gasteiger partial charge on any atom is 0.203 e. The van der Waals surface area contributed by atoms with Crippen molar-refractivity contribution in [2.45, 2.75) is 19.1 Å². The van der Waals surface area contributed by atoms with E-state index in [0.29, 0.717) is 23.8 Å². The van der Waals surface area contributed by atoms with Gasteiger partial charge in [0.05, 0.1) is 14.2 Å². The first-order valence-electron chi connectivity index (χ1n) is 7.96. The molecular formula is C19H25NO4. The van der Waals surface area contributed by atoms with Crippen molar-refractivity contribution < 1.29 is 19.3 Å². The van der Waals surface area contributed by atoms with Crippen LogP contribution in [0.3, 0.4) is 0 Å². The molecule has 0 aliphatic rings. The first-order valence-corrected chi connectivity index (χ1v) is 7.96. The van der Waals surface area contributed by atoms with Crippen LogP contribution in [0.2, 0.25) is 0 Å². The molecule has 0 spiro atoms. The largest absolute Gasteiger partial charge is 0.493 e. The van der Waals surface area contributed by atoms with Crippen LogP contribution in [0.1, 0.15) is 18.5 Å². The van der Waals surface area contributed by atoms with E-state index in [9.17, 15) is 5.11 Å². The zero-order chi connectivity index (χ0) is 17.4. The summed E-state index contributed by atoms with van der Waals surface area (Å²) < 4.78 is 16.3. The molecule has 0 bridgehead atoms. The fourth-order valence-corrected chi connectivity index (χ4v) is 2.37. The number of methoxy groups -OCH3 is 2. The van der Waals surface area contributed by atoms with Gasteiger partial charge >= 0.3 is 0 Å². The normalized spacial score (nSPS) is 13.2. The highest BCUT2D eigenvalue weighted by molar-refractivity contribution is 5.51. The van der Waals surface area contributed by atoms with E-state index in [4.69, 9.17) is 14.2 Å². The van der Waals surface area contributed by atoms with E-state index >= 15 is 0 Å². The molecule has 0 saturated carbocycles. The molecule has 0 saturated heterocycles. The van der Waals surface area contributed by atoms with E-state index in [-0.39, 0.29) is 12.6 Å². The Bertz CT molecular complexity index is 596. The zero-order valence-corrected chi connectivity index (χ0v) is 14.4. The molecule has 0 aromatic heterocycles. The van der Waals surface area contributed by atoms with Gasteiger partial charge in [-0.1, -0.05) is 36.4 Å². The molecule has 0 radical (unpaired) electrons. The average molecular weight is 331 g/mol. The Morgan fingerprint density at radius 2 is 1.58 bits per heavy atom. The summed E-state index contributed by atoms with van der Waals surface area (Å²) in [6.07, 6.45) is -0.647. The van der Waals surface area contributed by atoms with E-state index in [1.807, 2.05) is 24.3 Å². The van der Waals surface area contributed by atoms with Crippen molar-refractivity contribution in [3.8, 4) is 17.2 Å². The lowest BCUT2D eigenvalue weighted by Gasteiger charge is -2.19. The first kappa shape index (κ1) is 18.1. The van der Waals surface area contributed by atoms with E-state index < -0.39 is 6.10 Å². The molecule has 5 nitrogen and oxygen atoms in total. The second-order valence-electron chi connectivity index (χ2n) is 5.50. The Kier molecular flexibility index (Phi) is 6.90. The van der Waals surface area contributed by atoms with E-state index in [1.165, 1.54) is 5.56 Å². The number of aliphatic hydroxyl groups excluding tert-OH is 1. The van der Waals surface area contributed by atoms with Crippen LogP contribution in [0.15, 0.2) is 48.5 Å². The molecule has 2 aromatic rings. The Morgan fingerprint density at radius 1 is 0.958 bits per heavy atom. The lowest BCUT2D eigenvalue weighted by Crippen LogP contribution is -2.33. The lowest BCUT2D eigenvalue weighted by molar-refractivity contribution is 0.100. The quantitative estimate of drug-likeness (QED) is 0.740. The third kappa shape index (κ3) is 4.88. The highest BCUT2D eigenvalue weighted by Crippen LogP contribution is 2.36. The van der Waals surface area contributed by atoms with Crippen LogP contribution in [0.5, 0.6) is 17.2 Å². The molecule has 2 N–H and O–H groups in total. The monoisotopic (exact) mass is 331 g/mol. The third-order valence-corrected chi connectivity index (χ3v) is 3.76. The van der Waals surface area contributed by atoms with Gasteiger partial charge in [0, 0.05) is 12.6 Å².